The zero-order valence-electron chi connectivity index (χ0n) is 22.3. The highest BCUT2D eigenvalue weighted by Crippen LogP contribution is 2.36. The van der Waals surface area contributed by atoms with Gasteiger partial charge in [0.05, 0.1) is 10.6 Å². The molecule has 5 aromatic rings. The largest absolute Gasteiger partial charge is 0.508 e. The molecule has 2 heterocycles. The Morgan fingerprint density at radius 2 is 1.63 bits per heavy atom. The number of hydrogen-bond acceptors (Lipinski definition) is 5. The molecule has 0 spiro atoms. The lowest BCUT2D eigenvalue weighted by atomic mass is 10.0. The number of phenolic OH excluding ortho intramolecular Hbond substituents is 1. The summed E-state index contributed by atoms with van der Waals surface area (Å²) >= 11 is 1.19. The number of aliphatic carboxylic acids is 1. The molecule has 1 aliphatic rings. The maximum absolute atomic E-state index is 13.9. The maximum Gasteiger partial charge on any atom is 0.327 e. The fraction of sp³-hybridized carbons (Fsp3) is 0.121. The van der Waals surface area contributed by atoms with E-state index in [2.05, 4.69) is 46.8 Å². The molecule has 41 heavy (non-hydrogen) atoms. The van der Waals surface area contributed by atoms with Crippen LogP contribution in [-0.2, 0) is 22.6 Å². The molecule has 4 aromatic carbocycles. The number of aromatic nitrogens is 1. The summed E-state index contributed by atoms with van der Waals surface area (Å²) < 4.78 is 2.17. The third kappa shape index (κ3) is 5.21. The SMILES string of the molecule is Cc1ccc2c(c1)c1ccccc1n2C/C=C1\SC(=Nc2ccccc2)N(C(Cc2ccc(O)cc2)C(=O)O)C1=O. The van der Waals surface area contributed by atoms with Crippen molar-refractivity contribution in [3.8, 4) is 5.75 Å². The maximum atomic E-state index is 13.9. The average molecular weight is 562 g/mol. The molecule has 2 N–H and O–H groups in total. The lowest BCUT2D eigenvalue weighted by molar-refractivity contribution is -0.145. The van der Waals surface area contributed by atoms with Crippen LogP contribution in [0.4, 0.5) is 5.69 Å². The highest BCUT2D eigenvalue weighted by molar-refractivity contribution is 8.18. The molecule has 204 valence electrons. The van der Waals surface area contributed by atoms with E-state index < -0.39 is 17.9 Å². The van der Waals surface area contributed by atoms with Gasteiger partial charge in [-0.05, 0) is 72.8 Å². The van der Waals surface area contributed by atoms with Crippen LogP contribution in [0.3, 0.4) is 0 Å². The first-order chi connectivity index (χ1) is 19.9. The van der Waals surface area contributed by atoms with Gasteiger partial charge >= 0.3 is 5.97 Å². The molecule has 0 bridgehead atoms. The molecule has 1 amide bonds. The van der Waals surface area contributed by atoms with Crippen molar-refractivity contribution in [2.45, 2.75) is 25.9 Å². The van der Waals surface area contributed by atoms with Gasteiger partial charge in [-0.1, -0.05) is 60.2 Å². The van der Waals surface area contributed by atoms with Crippen molar-refractivity contribution in [3.63, 3.8) is 0 Å². The monoisotopic (exact) mass is 561 g/mol. The molecule has 0 saturated carbocycles. The number of amides is 1. The highest BCUT2D eigenvalue weighted by atomic mass is 32.2. The number of amidine groups is 1. The molecule has 7 nitrogen and oxygen atoms in total. The van der Waals surface area contributed by atoms with Gasteiger partial charge in [-0.25, -0.2) is 9.79 Å². The number of nitrogens with zero attached hydrogens (tertiary/aromatic N) is 3. The fourth-order valence-electron chi connectivity index (χ4n) is 5.17. The first-order valence-electron chi connectivity index (χ1n) is 13.2. The zero-order valence-corrected chi connectivity index (χ0v) is 23.1. The molecule has 0 radical (unpaired) electrons. The zero-order chi connectivity index (χ0) is 28.5. The topological polar surface area (TPSA) is 95.1 Å². The van der Waals surface area contributed by atoms with E-state index in [1.807, 2.05) is 48.5 Å². The molecule has 1 saturated heterocycles. The van der Waals surface area contributed by atoms with Crippen molar-refractivity contribution in [3.05, 3.63) is 119 Å². The summed E-state index contributed by atoms with van der Waals surface area (Å²) in [6, 6.07) is 28.9. The summed E-state index contributed by atoms with van der Waals surface area (Å²) in [5, 5.41) is 22.5. The second-order valence-electron chi connectivity index (χ2n) is 9.95. The Kier molecular flexibility index (Phi) is 7.07. The molecule has 8 heteroatoms. The van der Waals surface area contributed by atoms with Gasteiger partial charge in [0.15, 0.2) is 5.17 Å². The van der Waals surface area contributed by atoms with E-state index in [1.54, 1.807) is 12.1 Å². The Morgan fingerprint density at radius 3 is 2.39 bits per heavy atom. The van der Waals surface area contributed by atoms with E-state index in [-0.39, 0.29) is 12.2 Å². The van der Waals surface area contributed by atoms with Crippen molar-refractivity contribution in [2.75, 3.05) is 0 Å². The summed E-state index contributed by atoms with van der Waals surface area (Å²) in [5.74, 6) is -1.44. The number of phenols is 1. The van der Waals surface area contributed by atoms with Crippen molar-refractivity contribution in [1.29, 1.82) is 0 Å². The van der Waals surface area contributed by atoms with Gasteiger partial charge in [-0.2, -0.15) is 0 Å². The van der Waals surface area contributed by atoms with E-state index in [0.717, 1.165) is 21.8 Å². The van der Waals surface area contributed by atoms with Crippen LogP contribution in [-0.4, -0.2) is 42.8 Å². The van der Waals surface area contributed by atoms with Gasteiger partial charge in [0.2, 0.25) is 0 Å². The van der Waals surface area contributed by atoms with Gasteiger partial charge in [0.25, 0.3) is 5.91 Å². The minimum absolute atomic E-state index is 0.0647. The number of carbonyl (C=O) groups is 2. The number of benzene rings is 4. The highest BCUT2D eigenvalue weighted by Gasteiger charge is 2.41. The number of aliphatic imine (C=N–C) groups is 1. The van der Waals surface area contributed by atoms with Crippen LogP contribution in [0.15, 0.2) is 113 Å². The molecule has 1 atom stereocenters. The number of hydrogen-bond donors (Lipinski definition) is 2. The lowest BCUT2D eigenvalue weighted by Gasteiger charge is -2.24. The summed E-state index contributed by atoms with van der Waals surface area (Å²) in [7, 11) is 0. The Balaban J connectivity index is 1.40. The van der Waals surface area contributed by atoms with E-state index >= 15 is 0 Å². The summed E-state index contributed by atoms with van der Waals surface area (Å²) in [4.78, 5) is 32.8. The standard InChI is InChI=1S/C33H27N3O4S/c1-21-11-16-28-26(19-21)25-9-5-6-10-27(25)35(28)18-17-30-31(38)36(33(41-30)34-23-7-3-2-4-8-23)29(32(39)40)20-22-12-14-24(37)15-13-22/h2-17,19,29,37H,18,20H2,1H3,(H,39,40)/b30-17-,34-33?. The minimum atomic E-state index is -1.18. The molecule has 6 rings (SSSR count). The number of para-hydroxylation sites is 2. The van der Waals surface area contributed by atoms with Gasteiger partial charge in [-0.3, -0.25) is 9.69 Å². The Morgan fingerprint density at radius 1 is 0.927 bits per heavy atom. The molecule has 1 aliphatic heterocycles. The first-order valence-corrected chi connectivity index (χ1v) is 14.0. The fourth-order valence-corrected chi connectivity index (χ4v) is 6.17. The van der Waals surface area contributed by atoms with E-state index in [1.165, 1.54) is 34.4 Å². The van der Waals surface area contributed by atoms with Gasteiger partial charge in [0, 0.05) is 34.8 Å². The number of carbonyl (C=O) groups excluding carboxylic acids is 1. The van der Waals surface area contributed by atoms with Crippen LogP contribution in [0.2, 0.25) is 0 Å². The Hall–Kier alpha value is -4.82. The van der Waals surface area contributed by atoms with Crippen LogP contribution < -0.4 is 0 Å². The molecule has 1 fully saturated rings. The van der Waals surface area contributed by atoms with Crippen molar-refractivity contribution in [2.24, 2.45) is 4.99 Å². The van der Waals surface area contributed by atoms with E-state index in [9.17, 15) is 19.8 Å². The quantitative estimate of drug-likeness (QED) is 0.217. The van der Waals surface area contributed by atoms with Gasteiger partial charge < -0.3 is 14.8 Å². The summed E-state index contributed by atoms with van der Waals surface area (Å²) in [5.41, 5.74) is 4.61. The van der Waals surface area contributed by atoms with Crippen LogP contribution in [0, 0.1) is 6.92 Å². The van der Waals surface area contributed by atoms with E-state index in [0.29, 0.717) is 27.9 Å². The minimum Gasteiger partial charge on any atom is -0.508 e. The number of carboxylic acids is 1. The predicted octanol–water partition coefficient (Wildman–Crippen LogP) is 6.65. The third-order valence-electron chi connectivity index (χ3n) is 7.17. The number of carboxylic acid groups (broad SMARTS) is 1. The van der Waals surface area contributed by atoms with Gasteiger partial charge in [-0.15, -0.1) is 0 Å². The van der Waals surface area contributed by atoms with Crippen LogP contribution in [0.1, 0.15) is 11.1 Å². The predicted molar refractivity (Wildman–Crippen MR) is 163 cm³/mol. The number of aromatic hydroxyl groups is 1. The van der Waals surface area contributed by atoms with Crippen molar-refractivity contribution < 1.29 is 19.8 Å². The number of aryl methyl sites for hydroxylation is 1. The molecule has 1 unspecified atom stereocenters. The molecule has 1 aromatic heterocycles. The van der Waals surface area contributed by atoms with E-state index in [4.69, 9.17) is 0 Å². The Labute approximate surface area is 241 Å². The van der Waals surface area contributed by atoms with Crippen molar-refractivity contribution >= 4 is 56.3 Å². The summed E-state index contributed by atoms with van der Waals surface area (Å²) in [6.07, 6.45) is 1.92. The number of rotatable bonds is 7. The second-order valence-corrected chi connectivity index (χ2v) is 11.0. The lowest BCUT2D eigenvalue weighted by Crippen LogP contribution is -2.45. The van der Waals surface area contributed by atoms with Crippen LogP contribution >= 0.6 is 11.8 Å². The first kappa shape index (κ1) is 26.4. The third-order valence-corrected chi connectivity index (χ3v) is 8.20. The number of fused-ring (bicyclic) bond motifs is 3. The normalized spacial score (nSPS) is 16.3. The Bertz CT molecular complexity index is 1840. The van der Waals surface area contributed by atoms with Gasteiger partial charge in [0.1, 0.15) is 11.8 Å². The number of thioether (sulfide) groups is 1. The van der Waals surface area contributed by atoms with Crippen LogP contribution in [0.5, 0.6) is 5.75 Å². The summed E-state index contributed by atoms with van der Waals surface area (Å²) in [6.45, 7) is 2.50. The smallest absolute Gasteiger partial charge is 0.327 e. The second kappa shape index (κ2) is 11.0. The van der Waals surface area contributed by atoms with Crippen LogP contribution in [0.25, 0.3) is 21.8 Å². The molecular formula is C33H27N3O4S. The molecular weight excluding hydrogens is 534 g/mol. The van der Waals surface area contributed by atoms with Crippen molar-refractivity contribution in [1.82, 2.24) is 9.47 Å². The number of allylic oxidation sites excluding steroid dienone is 1. The average Bonchev–Trinajstić information content (AvgIpc) is 3.45. The molecule has 0 aliphatic carbocycles.